The third kappa shape index (κ3) is 5.34. The Hall–Kier alpha value is -3.80. The number of anilines is 2. The second-order valence-corrected chi connectivity index (χ2v) is 8.34. The molecule has 4 rings (SSSR count). The standard InChI is InChI=1S/C27H28N2O4/c30-25-14-12-21(29-15-7-2-1-3-8-16-29)18-23(25)26(31)28-24-17-20(11-13-22(24)27(32)33)19-9-5-4-6-10-19/h4-6,9-14,17-18,30H,1-3,7-8,15-16H2,(H,28,31)(H,32,33). The van der Waals surface area contributed by atoms with E-state index in [1.54, 1.807) is 18.2 Å². The summed E-state index contributed by atoms with van der Waals surface area (Å²) >= 11 is 0. The molecule has 170 valence electrons. The van der Waals surface area contributed by atoms with E-state index in [4.69, 9.17) is 0 Å². The van der Waals surface area contributed by atoms with E-state index in [1.807, 2.05) is 36.4 Å². The molecule has 0 radical (unpaired) electrons. The summed E-state index contributed by atoms with van der Waals surface area (Å²) in [5.74, 6) is -1.82. The Morgan fingerprint density at radius 3 is 2.15 bits per heavy atom. The maximum absolute atomic E-state index is 13.1. The molecule has 6 heteroatoms. The van der Waals surface area contributed by atoms with E-state index in [0.29, 0.717) is 0 Å². The minimum atomic E-state index is -1.14. The number of benzene rings is 3. The van der Waals surface area contributed by atoms with Crippen LogP contribution in [-0.2, 0) is 0 Å². The molecule has 0 saturated carbocycles. The average molecular weight is 445 g/mol. The SMILES string of the molecule is O=C(Nc1cc(-c2ccccc2)ccc1C(=O)O)c1cc(N2CCCCCCC2)ccc1O. The molecule has 1 saturated heterocycles. The summed E-state index contributed by atoms with van der Waals surface area (Å²) in [4.78, 5) is 27.1. The first kappa shape index (κ1) is 22.4. The molecule has 1 fully saturated rings. The fourth-order valence-electron chi connectivity index (χ4n) is 4.24. The molecule has 1 aliphatic heterocycles. The van der Waals surface area contributed by atoms with E-state index in [-0.39, 0.29) is 22.6 Å². The number of hydrogen-bond donors (Lipinski definition) is 3. The van der Waals surface area contributed by atoms with Crippen LogP contribution in [0.1, 0.15) is 52.8 Å². The van der Waals surface area contributed by atoms with Gasteiger partial charge >= 0.3 is 5.97 Å². The van der Waals surface area contributed by atoms with E-state index in [1.165, 1.54) is 31.4 Å². The van der Waals surface area contributed by atoms with Crippen molar-refractivity contribution in [3.05, 3.63) is 77.9 Å². The van der Waals surface area contributed by atoms with Gasteiger partial charge in [-0.3, -0.25) is 4.79 Å². The number of carboxylic acids is 1. The summed E-state index contributed by atoms with van der Waals surface area (Å²) in [5.41, 5.74) is 2.88. The summed E-state index contributed by atoms with van der Waals surface area (Å²) in [7, 11) is 0. The van der Waals surface area contributed by atoms with Crippen molar-refractivity contribution in [1.29, 1.82) is 0 Å². The number of carbonyl (C=O) groups is 2. The van der Waals surface area contributed by atoms with E-state index in [9.17, 15) is 19.8 Å². The van der Waals surface area contributed by atoms with Crippen molar-refractivity contribution in [3.63, 3.8) is 0 Å². The van der Waals surface area contributed by atoms with Gasteiger partial charge in [0, 0.05) is 18.8 Å². The van der Waals surface area contributed by atoms with Crippen LogP contribution >= 0.6 is 0 Å². The van der Waals surface area contributed by atoms with Gasteiger partial charge in [-0.2, -0.15) is 0 Å². The molecule has 3 aromatic rings. The number of nitrogens with one attached hydrogen (secondary N) is 1. The topological polar surface area (TPSA) is 89.9 Å². The van der Waals surface area contributed by atoms with Crippen molar-refractivity contribution >= 4 is 23.3 Å². The lowest BCUT2D eigenvalue weighted by Crippen LogP contribution is -2.27. The number of amides is 1. The molecule has 0 unspecified atom stereocenters. The second kappa shape index (κ2) is 10.2. The van der Waals surface area contributed by atoms with Crippen LogP contribution < -0.4 is 10.2 Å². The molecule has 0 spiro atoms. The fourth-order valence-corrected chi connectivity index (χ4v) is 4.24. The first-order chi connectivity index (χ1) is 16.0. The zero-order valence-electron chi connectivity index (χ0n) is 18.5. The van der Waals surface area contributed by atoms with Crippen molar-refractivity contribution in [3.8, 4) is 16.9 Å². The highest BCUT2D eigenvalue weighted by molar-refractivity contribution is 6.10. The molecule has 33 heavy (non-hydrogen) atoms. The van der Waals surface area contributed by atoms with E-state index < -0.39 is 11.9 Å². The molecular weight excluding hydrogens is 416 g/mol. The lowest BCUT2D eigenvalue weighted by Gasteiger charge is -2.27. The number of nitrogens with zero attached hydrogens (tertiary/aromatic N) is 1. The maximum Gasteiger partial charge on any atom is 0.337 e. The minimum absolute atomic E-state index is 0.0116. The van der Waals surface area contributed by atoms with Gasteiger partial charge in [-0.05, 0) is 54.3 Å². The van der Waals surface area contributed by atoms with Gasteiger partial charge < -0.3 is 20.4 Å². The second-order valence-electron chi connectivity index (χ2n) is 8.34. The Morgan fingerprint density at radius 1 is 0.758 bits per heavy atom. The Morgan fingerprint density at radius 2 is 1.45 bits per heavy atom. The van der Waals surface area contributed by atoms with Crippen LogP contribution in [0.2, 0.25) is 0 Å². The lowest BCUT2D eigenvalue weighted by molar-refractivity contribution is 0.0698. The van der Waals surface area contributed by atoms with Gasteiger partial charge in [0.2, 0.25) is 0 Å². The largest absolute Gasteiger partial charge is 0.507 e. The zero-order valence-corrected chi connectivity index (χ0v) is 18.5. The molecule has 3 N–H and O–H groups in total. The van der Waals surface area contributed by atoms with Gasteiger partial charge in [-0.15, -0.1) is 0 Å². The van der Waals surface area contributed by atoms with Crippen LogP contribution in [0.25, 0.3) is 11.1 Å². The zero-order chi connectivity index (χ0) is 23.2. The number of rotatable bonds is 5. The number of phenols is 1. The normalized spacial score (nSPS) is 14.2. The molecule has 0 atom stereocenters. The van der Waals surface area contributed by atoms with Crippen LogP contribution in [0.3, 0.4) is 0 Å². The summed E-state index contributed by atoms with van der Waals surface area (Å²) in [5, 5.41) is 22.7. The summed E-state index contributed by atoms with van der Waals surface area (Å²) in [6.45, 7) is 1.82. The molecule has 1 amide bonds. The molecule has 1 heterocycles. The molecule has 1 aliphatic rings. The van der Waals surface area contributed by atoms with Crippen molar-refractivity contribution in [2.75, 3.05) is 23.3 Å². The highest BCUT2D eigenvalue weighted by Crippen LogP contribution is 2.29. The number of phenolic OH excluding ortho intramolecular Hbond substituents is 1. The van der Waals surface area contributed by atoms with Crippen LogP contribution in [0.5, 0.6) is 5.75 Å². The average Bonchev–Trinajstić information content (AvgIpc) is 2.80. The molecule has 3 aromatic carbocycles. The smallest absolute Gasteiger partial charge is 0.337 e. The van der Waals surface area contributed by atoms with Crippen LogP contribution in [0.4, 0.5) is 11.4 Å². The Labute approximate surface area is 193 Å². The third-order valence-corrected chi connectivity index (χ3v) is 6.05. The van der Waals surface area contributed by atoms with Gasteiger partial charge in [0.25, 0.3) is 5.91 Å². The third-order valence-electron chi connectivity index (χ3n) is 6.05. The van der Waals surface area contributed by atoms with Crippen molar-refractivity contribution in [1.82, 2.24) is 0 Å². The number of carbonyl (C=O) groups excluding carboxylic acids is 1. The number of aromatic carboxylic acids is 1. The molecule has 0 aliphatic carbocycles. The van der Waals surface area contributed by atoms with Crippen LogP contribution in [0.15, 0.2) is 66.7 Å². The van der Waals surface area contributed by atoms with Crippen molar-refractivity contribution in [2.24, 2.45) is 0 Å². The number of hydrogen-bond acceptors (Lipinski definition) is 4. The number of carboxylic acid groups (broad SMARTS) is 1. The van der Waals surface area contributed by atoms with E-state index in [0.717, 1.165) is 42.7 Å². The van der Waals surface area contributed by atoms with Crippen LogP contribution in [-0.4, -0.2) is 35.2 Å². The molecule has 0 aromatic heterocycles. The fraction of sp³-hybridized carbons (Fsp3) is 0.259. The minimum Gasteiger partial charge on any atom is -0.507 e. The van der Waals surface area contributed by atoms with Gasteiger partial charge in [0.15, 0.2) is 0 Å². The number of aromatic hydroxyl groups is 1. The Bertz CT molecular complexity index is 1140. The van der Waals surface area contributed by atoms with Gasteiger partial charge in [-0.25, -0.2) is 4.79 Å². The van der Waals surface area contributed by atoms with E-state index >= 15 is 0 Å². The highest BCUT2D eigenvalue weighted by atomic mass is 16.4. The van der Waals surface area contributed by atoms with Gasteiger partial charge in [-0.1, -0.05) is 55.7 Å². The van der Waals surface area contributed by atoms with E-state index in [2.05, 4.69) is 10.2 Å². The summed E-state index contributed by atoms with van der Waals surface area (Å²) in [6, 6.07) is 19.4. The Kier molecular flexibility index (Phi) is 6.93. The molecular formula is C27H28N2O4. The quantitative estimate of drug-likeness (QED) is 0.464. The predicted molar refractivity (Wildman–Crippen MR) is 130 cm³/mol. The van der Waals surface area contributed by atoms with Gasteiger partial charge in [0.05, 0.1) is 16.8 Å². The van der Waals surface area contributed by atoms with Gasteiger partial charge in [0.1, 0.15) is 5.75 Å². The maximum atomic E-state index is 13.1. The molecule has 0 bridgehead atoms. The first-order valence-electron chi connectivity index (χ1n) is 11.3. The lowest BCUT2D eigenvalue weighted by atomic mass is 10.0. The van der Waals surface area contributed by atoms with Crippen molar-refractivity contribution in [2.45, 2.75) is 32.1 Å². The Balaban J connectivity index is 1.63. The first-order valence-corrected chi connectivity index (χ1v) is 11.3. The molecule has 6 nitrogen and oxygen atoms in total. The van der Waals surface area contributed by atoms with Crippen LogP contribution in [0, 0.1) is 0 Å². The highest BCUT2D eigenvalue weighted by Gasteiger charge is 2.19. The summed E-state index contributed by atoms with van der Waals surface area (Å²) in [6.07, 6.45) is 5.83. The van der Waals surface area contributed by atoms with Crippen molar-refractivity contribution < 1.29 is 19.8 Å². The monoisotopic (exact) mass is 444 g/mol. The predicted octanol–water partition coefficient (Wildman–Crippen LogP) is 5.78. The summed E-state index contributed by atoms with van der Waals surface area (Å²) < 4.78 is 0.